The van der Waals surface area contributed by atoms with E-state index in [1.807, 2.05) is 7.05 Å². The van der Waals surface area contributed by atoms with Crippen molar-refractivity contribution in [3.63, 3.8) is 0 Å². The zero-order valence-electron chi connectivity index (χ0n) is 12.8. The van der Waals surface area contributed by atoms with Crippen LogP contribution < -0.4 is 5.32 Å². The van der Waals surface area contributed by atoms with E-state index in [0.717, 1.165) is 25.2 Å². The first-order valence-electron chi connectivity index (χ1n) is 7.34. The fourth-order valence-electron chi connectivity index (χ4n) is 2.36. The molecule has 0 saturated carbocycles. The molecule has 1 saturated heterocycles. The lowest BCUT2D eigenvalue weighted by Crippen LogP contribution is -2.47. The number of anilines is 1. The first-order chi connectivity index (χ1) is 10.8. The Labute approximate surface area is 138 Å². The molecule has 0 bridgehead atoms. The Kier molecular flexibility index (Phi) is 5.75. The zero-order valence-corrected chi connectivity index (χ0v) is 13.5. The minimum Gasteiger partial charge on any atom is -0.383 e. The summed E-state index contributed by atoms with van der Waals surface area (Å²) in [6, 6.07) is 3.10. The molecule has 128 valence electrons. The van der Waals surface area contributed by atoms with Crippen LogP contribution in [-0.2, 0) is 11.0 Å². The van der Waals surface area contributed by atoms with Gasteiger partial charge in [-0.15, -0.1) is 0 Å². The first-order valence-corrected chi connectivity index (χ1v) is 7.72. The second-order valence-electron chi connectivity index (χ2n) is 5.55. The Morgan fingerprint density at radius 3 is 2.52 bits per heavy atom. The summed E-state index contributed by atoms with van der Waals surface area (Å²) in [7, 11) is 2.00. The summed E-state index contributed by atoms with van der Waals surface area (Å²) in [6.07, 6.45) is -4.20. The van der Waals surface area contributed by atoms with Crippen molar-refractivity contribution in [2.45, 2.75) is 12.6 Å². The van der Waals surface area contributed by atoms with Gasteiger partial charge in [-0.3, -0.25) is 4.79 Å². The molecule has 0 atom stereocenters. The number of carbonyl (C=O) groups excluding carboxylic acids is 1. The summed E-state index contributed by atoms with van der Waals surface area (Å²) in [4.78, 5) is 16.0. The van der Waals surface area contributed by atoms with E-state index in [9.17, 15) is 18.0 Å². The number of likely N-dealkylation sites (N-methyl/N-ethyl adjacent to an activating group) is 1. The molecule has 8 heteroatoms. The molecule has 23 heavy (non-hydrogen) atoms. The van der Waals surface area contributed by atoms with E-state index in [4.69, 9.17) is 11.6 Å². The Morgan fingerprint density at radius 2 is 1.91 bits per heavy atom. The molecule has 0 aromatic heterocycles. The number of hydrogen-bond acceptors (Lipinski definition) is 3. The second-order valence-corrected chi connectivity index (χ2v) is 5.96. The van der Waals surface area contributed by atoms with E-state index in [-0.39, 0.29) is 29.6 Å². The second kappa shape index (κ2) is 7.40. The van der Waals surface area contributed by atoms with Crippen molar-refractivity contribution in [3.8, 4) is 0 Å². The van der Waals surface area contributed by atoms with Gasteiger partial charge in [0.25, 0.3) is 0 Å². The van der Waals surface area contributed by atoms with Crippen LogP contribution in [0.4, 0.5) is 18.9 Å². The smallest absolute Gasteiger partial charge is 0.383 e. The van der Waals surface area contributed by atoms with E-state index in [1.165, 1.54) is 6.07 Å². The predicted molar refractivity (Wildman–Crippen MR) is 83.6 cm³/mol. The average molecular weight is 350 g/mol. The lowest BCUT2D eigenvalue weighted by atomic mass is 10.2. The van der Waals surface area contributed by atoms with Crippen LogP contribution in [-0.4, -0.2) is 55.5 Å². The number of hydrogen-bond donors (Lipinski definition) is 1. The Bertz CT molecular complexity index is 557. The van der Waals surface area contributed by atoms with Crippen molar-refractivity contribution < 1.29 is 18.0 Å². The molecule has 0 aliphatic carbocycles. The number of nitrogens with one attached hydrogen (secondary N) is 1. The summed E-state index contributed by atoms with van der Waals surface area (Å²) >= 11 is 5.90. The van der Waals surface area contributed by atoms with Gasteiger partial charge >= 0.3 is 6.18 Å². The van der Waals surface area contributed by atoms with Gasteiger partial charge in [-0.25, -0.2) is 0 Å². The molecule has 1 N–H and O–H groups in total. The van der Waals surface area contributed by atoms with Crippen LogP contribution >= 0.6 is 11.6 Å². The molecule has 1 amide bonds. The van der Waals surface area contributed by atoms with E-state index in [0.29, 0.717) is 13.1 Å². The lowest BCUT2D eigenvalue weighted by molar-refractivity contribution is -0.137. The predicted octanol–water partition coefficient (Wildman–Crippen LogP) is 2.93. The van der Waals surface area contributed by atoms with Crippen molar-refractivity contribution in [1.82, 2.24) is 9.80 Å². The summed E-state index contributed by atoms with van der Waals surface area (Å²) in [6.45, 7) is 3.27. The third-order valence-corrected chi connectivity index (χ3v) is 4.13. The molecule has 0 unspecified atom stereocenters. The quantitative estimate of drug-likeness (QED) is 0.908. The van der Waals surface area contributed by atoms with E-state index < -0.39 is 11.7 Å². The number of amides is 1. The summed E-state index contributed by atoms with van der Waals surface area (Å²) in [5, 5.41) is 3.01. The van der Waals surface area contributed by atoms with Crippen molar-refractivity contribution >= 4 is 23.2 Å². The van der Waals surface area contributed by atoms with Gasteiger partial charge in [-0.05, 0) is 25.2 Å². The number of halogens is 4. The fourth-order valence-corrected chi connectivity index (χ4v) is 2.54. The Morgan fingerprint density at radius 1 is 1.26 bits per heavy atom. The number of nitrogens with zero attached hydrogens (tertiary/aromatic N) is 2. The SMILES string of the molecule is CN1CCN(C(=O)CCNc2cc(C(F)(F)F)ccc2Cl)CC1. The van der Waals surface area contributed by atoms with Gasteiger partial charge in [0.15, 0.2) is 0 Å². The maximum absolute atomic E-state index is 12.7. The minimum atomic E-state index is -4.42. The highest BCUT2D eigenvalue weighted by molar-refractivity contribution is 6.33. The molecular weight excluding hydrogens is 331 g/mol. The molecule has 1 aliphatic rings. The zero-order chi connectivity index (χ0) is 17.0. The van der Waals surface area contributed by atoms with Crippen LogP contribution in [0.1, 0.15) is 12.0 Å². The molecule has 2 rings (SSSR count). The van der Waals surface area contributed by atoms with Crippen molar-refractivity contribution in [2.24, 2.45) is 0 Å². The maximum Gasteiger partial charge on any atom is 0.416 e. The van der Waals surface area contributed by atoms with Gasteiger partial charge in [-0.2, -0.15) is 13.2 Å². The van der Waals surface area contributed by atoms with Gasteiger partial charge < -0.3 is 15.1 Å². The van der Waals surface area contributed by atoms with Crippen LogP contribution in [0.15, 0.2) is 18.2 Å². The van der Waals surface area contributed by atoms with E-state index >= 15 is 0 Å². The number of benzene rings is 1. The van der Waals surface area contributed by atoms with Gasteiger partial charge in [0.1, 0.15) is 0 Å². The molecular formula is C15H19ClF3N3O. The molecule has 1 aromatic rings. The third kappa shape index (κ3) is 5.00. The van der Waals surface area contributed by atoms with Gasteiger partial charge in [0.05, 0.1) is 16.3 Å². The number of carbonyl (C=O) groups is 1. The van der Waals surface area contributed by atoms with Crippen LogP contribution in [0.5, 0.6) is 0 Å². The normalized spacial score (nSPS) is 16.5. The highest BCUT2D eigenvalue weighted by Gasteiger charge is 2.31. The molecule has 1 heterocycles. The van der Waals surface area contributed by atoms with Gasteiger partial charge in [-0.1, -0.05) is 11.6 Å². The lowest BCUT2D eigenvalue weighted by Gasteiger charge is -2.32. The van der Waals surface area contributed by atoms with Crippen LogP contribution in [0.25, 0.3) is 0 Å². The van der Waals surface area contributed by atoms with Crippen LogP contribution in [0, 0.1) is 0 Å². The van der Waals surface area contributed by atoms with Crippen molar-refractivity contribution in [3.05, 3.63) is 28.8 Å². The van der Waals surface area contributed by atoms with Crippen LogP contribution in [0.2, 0.25) is 5.02 Å². The Balaban J connectivity index is 1.87. The molecule has 1 aliphatic heterocycles. The summed E-state index contributed by atoms with van der Waals surface area (Å²) in [5.41, 5.74) is -0.581. The van der Waals surface area contributed by atoms with Gasteiger partial charge in [0, 0.05) is 39.1 Å². The summed E-state index contributed by atoms with van der Waals surface area (Å²) < 4.78 is 38.1. The first kappa shape index (κ1) is 17.9. The highest BCUT2D eigenvalue weighted by Crippen LogP contribution is 2.33. The fraction of sp³-hybridized carbons (Fsp3) is 0.533. The molecule has 0 spiro atoms. The van der Waals surface area contributed by atoms with E-state index in [2.05, 4.69) is 10.2 Å². The monoisotopic (exact) mass is 349 g/mol. The molecule has 0 radical (unpaired) electrons. The number of rotatable bonds is 4. The molecule has 4 nitrogen and oxygen atoms in total. The van der Waals surface area contributed by atoms with E-state index in [1.54, 1.807) is 4.90 Å². The number of piperazine rings is 1. The summed E-state index contributed by atoms with van der Waals surface area (Å²) in [5.74, 6) is -0.00583. The average Bonchev–Trinajstić information content (AvgIpc) is 2.48. The topological polar surface area (TPSA) is 35.6 Å². The van der Waals surface area contributed by atoms with Crippen molar-refractivity contribution in [1.29, 1.82) is 0 Å². The standard InChI is InChI=1S/C15H19ClF3N3O/c1-21-6-8-22(9-7-21)14(23)4-5-20-13-10-11(15(17,18)19)2-3-12(13)16/h2-3,10,20H,4-9H2,1H3. The van der Waals surface area contributed by atoms with Crippen LogP contribution in [0.3, 0.4) is 0 Å². The maximum atomic E-state index is 12.7. The minimum absolute atomic E-state index is 0.00583. The molecule has 1 aromatic carbocycles. The highest BCUT2D eigenvalue weighted by atomic mass is 35.5. The molecule has 1 fully saturated rings. The largest absolute Gasteiger partial charge is 0.416 e. The Hall–Kier alpha value is -1.47. The third-order valence-electron chi connectivity index (χ3n) is 3.80. The number of alkyl halides is 3. The van der Waals surface area contributed by atoms with Crippen molar-refractivity contribution in [2.75, 3.05) is 45.1 Å². The van der Waals surface area contributed by atoms with Gasteiger partial charge in [0.2, 0.25) is 5.91 Å².